The summed E-state index contributed by atoms with van der Waals surface area (Å²) in [5, 5.41) is 69.8. The zero-order valence-electron chi connectivity index (χ0n) is 59.4. The zero-order chi connectivity index (χ0) is 76.1. The van der Waals surface area contributed by atoms with Gasteiger partial charge in [-0.15, -0.1) is 11.3 Å². The van der Waals surface area contributed by atoms with E-state index in [0.29, 0.717) is 22.3 Å². The summed E-state index contributed by atoms with van der Waals surface area (Å²) in [6.45, 7) is 21.8. The number of oxazole rings is 1. The van der Waals surface area contributed by atoms with Crippen molar-refractivity contribution < 1.29 is 73.4 Å². The standard InChI is InChI=1S/C16H17N.C15H13NO2.C14H17NO4.C11H11NO2.C10H9NO2.C8H5NO3.C8H5NO2S/c1-10-5-7-13-12(9-10)6-8-14-15(13)16(3,4)11(2)17-14;1-8-9(2)16-14-6-10-4-3-5-11(15(17)18)13(10)7-12(8)14;1-14(2,3)19-13(18)15-10-7-5-4-6-9(10)8-11(15)12(16)17;1-11(2)7-5-3-4-6-8(7)12-9(11)10(13)14;1-11-8-5-3-2-4-7(8)6-9(11)10(12)13;2*10-8(11)7-9-5-3-1-2-4-6(5)12-7/h5-9H,1-4H3;3-8H,1-2H3,(H,17,18);4-7,11H,8H2,1-3H3,(H,16,17);3-6H,1-2H3,(H,13,14);2-6H,1H3,(H,12,13);2*1-4H,(H,10,11)/p-6. The van der Waals surface area contributed by atoms with Crippen molar-refractivity contribution in [2.45, 2.75) is 111 Å². The lowest BCUT2D eigenvalue weighted by Gasteiger charge is -2.29. The second-order valence-corrected chi connectivity index (χ2v) is 28.1. The number of aryl methyl sites for hydroxylation is 2. The number of para-hydroxylation sites is 6. The minimum absolute atomic E-state index is 0.0381. The highest BCUT2D eigenvalue weighted by molar-refractivity contribution is 7.20. The number of ether oxygens (including phenoxy) is 1. The van der Waals surface area contributed by atoms with E-state index in [-0.39, 0.29) is 45.6 Å². The number of anilines is 1. The maximum atomic E-state index is 12.2. The maximum absolute atomic E-state index is 12.2. The Morgan fingerprint density at radius 3 is 1.87 bits per heavy atom. The molecule has 4 aliphatic rings. The lowest BCUT2D eigenvalue weighted by atomic mass is 9.79. The topological polar surface area (TPSA) is 351 Å². The van der Waals surface area contributed by atoms with Crippen LogP contribution in [0.5, 0.6) is 0 Å². The van der Waals surface area contributed by atoms with Gasteiger partial charge in [0.1, 0.15) is 28.1 Å². The lowest BCUT2D eigenvalue weighted by Crippen LogP contribution is -2.50. The van der Waals surface area contributed by atoms with Crippen LogP contribution in [-0.4, -0.2) is 85.2 Å². The van der Waals surface area contributed by atoms with Crippen LogP contribution in [0.25, 0.3) is 53.8 Å². The predicted octanol–water partition coefficient (Wildman–Crippen LogP) is 10.2. The number of carboxylic acids is 6. The number of carbonyl (C=O) groups excluding carboxylic acids is 7. The number of aliphatic carboxylic acids is 2. The molecule has 0 saturated heterocycles. The van der Waals surface area contributed by atoms with Gasteiger partial charge in [0.15, 0.2) is 5.58 Å². The average molecular weight is 1430 g/mol. The summed E-state index contributed by atoms with van der Waals surface area (Å²) in [5.74, 6) is -7.48. The zero-order valence-corrected chi connectivity index (χ0v) is 60.2. The maximum Gasteiger partial charge on any atom is 0.415 e. The van der Waals surface area contributed by atoms with Crippen molar-refractivity contribution in [3.05, 3.63) is 238 Å². The van der Waals surface area contributed by atoms with Crippen LogP contribution >= 0.6 is 11.3 Å². The van der Waals surface area contributed by atoms with Gasteiger partial charge in [-0.05, 0) is 152 Å². The van der Waals surface area contributed by atoms with Crippen molar-refractivity contribution in [1.82, 2.24) is 14.5 Å². The Morgan fingerprint density at radius 1 is 0.571 bits per heavy atom. The van der Waals surface area contributed by atoms with E-state index in [2.05, 4.69) is 84.9 Å². The summed E-state index contributed by atoms with van der Waals surface area (Å²) in [5.41, 5.74) is 13.2. The average Bonchev–Trinajstić information content (AvgIpc) is 1.64. The molecule has 0 radical (unpaired) electrons. The van der Waals surface area contributed by atoms with E-state index >= 15 is 0 Å². The minimum Gasteiger partial charge on any atom is -0.548 e. The second kappa shape index (κ2) is 30.6. The smallest absolute Gasteiger partial charge is 0.415 e. The number of aromatic nitrogens is 3. The first-order chi connectivity index (χ1) is 49.6. The highest BCUT2D eigenvalue weighted by Gasteiger charge is 2.38. The van der Waals surface area contributed by atoms with Gasteiger partial charge in [0, 0.05) is 58.1 Å². The molecule has 9 aromatic carbocycles. The molecule has 1 amide bonds. The summed E-state index contributed by atoms with van der Waals surface area (Å²) in [6, 6.07) is 56.8. The molecule has 0 aliphatic carbocycles. The molecule has 4 aliphatic heterocycles. The number of fused-ring (bicyclic) bond motifs is 10. The monoisotopic (exact) mass is 1430 g/mol. The number of aliphatic imine (C=N–C) groups is 3. The predicted molar refractivity (Wildman–Crippen MR) is 393 cm³/mol. The first kappa shape index (κ1) is 75.2. The first-order valence-corrected chi connectivity index (χ1v) is 34.0. The van der Waals surface area contributed by atoms with E-state index in [4.69, 9.17) is 14.1 Å². The molecule has 2 atom stereocenters. The van der Waals surface area contributed by atoms with Crippen LogP contribution < -0.4 is 35.5 Å². The normalized spacial score (nSPS) is 15.0. The van der Waals surface area contributed by atoms with Crippen molar-refractivity contribution in [1.29, 1.82) is 0 Å². The van der Waals surface area contributed by atoms with E-state index < -0.39 is 59.0 Å². The third kappa shape index (κ3) is 16.4. The van der Waals surface area contributed by atoms with Gasteiger partial charge < -0.3 is 73.1 Å². The number of hydrogen-bond acceptors (Lipinski definition) is 21. The third-order valence-corrected chi connectivity index (χ3v) is 19.2. The molecule has 0 bridgehead atoms. The van der Waals surface area contributed by atoms with Crippen LogP contribution in [-0.2, 0) is 38.6 Å². The molecular formula is C82H71N7O15S-6. The number of rotatable bonds is 6. The first-order valence-electron chi connectivity index (χ1n) is 33.2. The van der Waals surface area contributed by atoms with Gasteiger partial charge in [0.05, 0.1) is 74.3 Å². The fourth-order valence-corrected chi connectivity index (χ4v) is 13.3. The van der Waals surface area contributed by atoms with Crippen LogP contribution in [0.1, 0.15) is 144 Å². The summed E-state index contributed by atoms with van der Waals surface area (Å²) >= 11 is 1.13. The number of aromatic carboxylic acids is 4. The molecule has 2 unspecified atom stereocenters. The number of carboxylic acid groups (broad SMARTS) is 6. The summed E-state index contributed by atoms with van der Waals surface area (Å²) in [4.78, 5) is 98.7. The molecule has 22 nitrogen and oxygen atoms in total. The van der Waals surface area contributed by atoms with Gasteiger partial charge in [0.25, 0.3) is 0 Å². The quantitative estimate of drug-likeness (QED) is 0.149. The lowest BCUT2D eigenvalue weighted by molar-refractivity contribution is -0.307. The Morgan fingerprint density at radius 2 is 1.22 bits per heavy atom. The number of hydrogen-bond donors (Lipinski definition) is 0. The van der Waals surface area contributed by atoms with Crippen molar-refractivity contribution in [3.8, 4) is 0 Å². The number of nitrogens with zero attached hydrogens (tertiary/aromatic N) is 7. The molecule has 536 valence electrons. The molecule has 105 heavy (non-hydrogen) atoms. The Balaban J connectivity index is 0.000000132. The summed E-state index contributed by atoms with van der Waals surface area (Å²) < 4.78 is 12.6. The highest BCUT2D eigenvalue weighted by Crippen LogP contribution is 2.45. The molecule has 12 aromatic rings. The van der Waals surface area contributed by atoms with Gasteiger partial charge in [-0.2, -0.15) is 0 Å². The number of amides is 1. The van der Waals surface area contributed by atoms with Crippen molar-refractivity contribution in [2.75, 3.05) is 4.90 Å². The minimum atomic E-state index is -1.40. The Labute approximate surface area is 607 Å². The number of carbonyl (C=O) groups is 7. The van der Waals surface area contributed by atoms with Gasteiger partial charge in [0.2, 0.25) is 5.89 Å². The Hall–Kier alpha value is -12.5. The van der Waals surface area contributed by atoms with Crippen LogP contribution in [0.4, 0.5) is 27.5 Å². The van der Waals surface area contributed by atoms with Crippen LogP contribution in [0.3, 0.4) is 0 Å². The summed E-state index contributed by atoms with van der Waals surface area (Å²) in [7, 11) is 1.72. The highest BCUT2D eigenvalue weighted by atomic mass is 32.1. The van der Waals surface area contributed by atoms with Crippen LogP contribution in [0, 0.1) is 6.92 Å². The number of benzene rings is 9. The van der Waals surface area contributed by atoms with Crippen molar-refractivity contribution >= 4 is 147 Å². The molecule has 0 saturated carbocycles. The Kier molecular flexibility index (Phi) is 21.9. The number of thiazole rings is 1. The van der Waals surface area contributed by atoms with E-state index in [0.717, 1.165) is 82.1 Å². The van der Waals surface area contributed by atoms with Crippen LogP contribution in [0.15, 0.2) is 207 Å². The second-order valence-electron chi connectivity index (χ2n) is 27.1. The molecule has 0 N–H and O–H groups in total. The summed E-state index contributed by atoms with van der Waals surface area (Å²) in [6.07, 6.45) is -0.413. The van der Waals surface area contributed by atoms with Gasteiger partial charge >= 0.3 is 6.09 Å². The molecule has 23 heteroatoms. The SMILES string of the molecule is CC(C)(C)OC(=O)N1c2ccccc2CC1C(=O)[O-].CC1(C)C(C(=O)[O-])=Nc2ccccc21.CC1=Nc2cc3cccc(C(=O)[O-])c3cc2C1C.CC1=Nc2ccc3cc(C)ccc3c2C1(C)C.Cn1c(C(=O)[O-])cc2ccccc21.O=C([O-])c1nc2ccccc2o1.O=C([O-])c1nc2ccccc2s1. The third-order valence-electron chi connectivity index (χ3n) is 18.1. The Bertz CT molecular complexity index is 5390. The fraction of sp³-hybridized carbons (Fsp3) is 0.220. The van der Waals surface area contributed by atoms with Crippen LogP contribution in [0.2, 0.25) is 0 Å². The molecule has 7 heterocycles. The molecule has 16 rings (SSSR count). The van der Waals surface area contributed by atoms with E-state index in [9.17, 15) is 64.2 Å². The molecule has 3 aromatic heterocycles. The molecule has 0 spiro atoms. The van der Waals surface area contributed by atoms with E-state index in [1.165, 1.54) is 27.6 Å². The molecular weight excluding hydrogens is 1360 g/mol. The fourth-order valence-electron chi connectivity index (χ4n) is 12.5. The van der Waals surface area contributed by atoms with Crippen molar-refractivity contribution in [2.24, 2.45) is 22.0 Å². The van der Waals surface area contributed by atoms with Gasteiger partial charge in [-0.25, -0.2) is 14.8 Å². The van der Waals surface area contributed by atoms with E-state index in [1.54, 1.807) is 99.1 Å². The van der Waals surface area contributed by atoms with Crippen molar-refractivity contribution in [3.63, 3.8) is 0 Å². The van der Waals surface area contributed by atoms with Gasteiger partial charge in [-0.3, -0.25) is 19.9 Å². The molecule has 0 fully saturated rings. The van der Waals surface area contributed by atoms with E-state index in [1.807, 2.05) is 112 Å². The van der Waals surface area contributed by atoms with Gasteiger partial charge in [-0.1, -0.05) is 162 Å². The largest absolute Gasteiger partial charge is 0.548 e.